The summed E-state index contributed by atoms with van der Waals surface area (Å²) in [7, 11) is -3.36. The quantitative estimate of drug-likeness (QED) is 0.273. The summed E-state index contributed by atoms with van der Waals surface area (Å²) >= 11 is 0. The highest BCUT2D eigenvalue weighted by Crippen LogP contribution is 2.13. The Balaban J connectivity index is 0.00000312. The average Bonchev–Trinajstić information content (AvgIpc) is 3.06. The van der Waals surface area contributed by atoms with E-state index < -0.39 is 10.0 Å². The molecule has 0 atom stereocenters. The van der Waals surface area contributed by atoms with Gasteiger partial charge in [0.05, 0.1) is 5.69 Å². The molecule has 0 unspecified atom stereocenters. The summed E-state index contributed by atoms with van der Waals surface area (Å²) in [5, 5.41) is 6.97. The lowest BCUT2D eigenvalue weighted by Crippen LogP contribution is -2.53. The molecule has 1 fully saturated rings. The van der Waals surface area contributed by atoms with Crippen molar-refractivity contribution in [3.8, 4) is 0 Å². The zero-order valence-electron chi connectivity index (χ0n) is 14.8. The van der Waals surface area contributed by atoms with Crippen molar-refractivity contribution in [2.45, 2.75) is 32.4 Å². The van der Waals surface area contributed by atoms with Crippen LogP contribution in [-0.2, 0) is 15.8 Å². The van der Waals surface area contributed by atoms with Crippen molar-refractivity contribution in [3.63, 3.8) is 0 Å². The maximum atomic E-state index is 12.4. The van der Waals surface area contributed by atoms with Gasteiger partial charge in [-0.2, -0.15) is 4.31 Å². The monoisotopic (exact) mass is 485 g/mol. The second kappa shape index (κ2) is 11.0. The van der Waals surface area contributed by atoms with Crippen LogP contribution in [0.2, 0.25) is 0 Å². The third kappa shape index (κ3) is 6.74. The fraction of sp³-hybridized carbons (Fsp3) is 0.733. The van der Waals surface area contributed by atoms with Gasteiger partial charge >= 0.3 is 0 Å². The lowest BCUT2D eigenvalue weighted by Gasteiger charge is -2.35. The summed E-state index contributed by atoms with van der Waals surface area (Å²) < 4.78 is 31.1. The SMILES string of the molecule is CCCCN=C(NCC)N1CCN(S(=O)(=O)Cc2ccon2)CC1.I. The molecule has 25 heavy (non-hydrogen) atoms. The van der Waals surface area contributed by atoms with Crippen LogP contribution in [-0.4, -0.2) is 68.0 Å². The van der Waals surface area contributed by atoms with Crippen molar-refractivity contribution in [2.75, 3.05) is 39.3 Å². The highest BCUT2D eigenvalue weighted by molar-refractivity contribution is 14.0. The fourth-order valence-electron chi connectivity index (χ4n) is 2.54. The molecular weight excluding hydrogens is 457 g/mol. The van der Waals surface area contributed by atoms with Gasteiger partial charge in [-0.25, -0.2) is 8.42 Å². The molecule has 2 rings (SSSR count). The van der Waals surface area contributed by atoms with Crippen molar-refractivity contribution in [1.82, 2.24) is 19.7 Å². The fourth-order valence-corrected chi connectivity index (χ4v) is 3.96. The Kier molecular flexibility index (Phi) is 9.72. The predicted molar refractivity (Wildman–Crippen MR) is 109 cm³/mol. The van der Waals surface area contributed by atoms with E-state index in [2.05, 4.69) is 27.3 Å². The third-order valence-electron chi connectivity index (χ3n) is 3.86. The maximum Gasteiger partial charge on any atom is 0.220 e. The standard InChI is InChI=1S/C15H27N5O3S.HI/c1-3-5-7-17-15(16-4-2)19-8-10-20(11-9-19)24(21,22)13-14-6-12-23-18-14;/h6,12H,3-5,7-11,13H2,1-2H3,(H,16,17);1H. The summed E-state index contributed by atoms with van der Waals surface area (Å²) in [6.45, 7) is 7.96. The van der Waals surface area contributed by atoms with Gasteiger partial charge in [-0.1, -0.05) is 18.5 Å². The van der Waals surface area contributed by atoms with Crippen molar-refractivity contribution < 1.29 is 12.9 Å². The number of piperazine rings is 1. The molecule has 1 aromatic heterocycles. The van der Waals surface area contributed by atoms with Crippen molar-refractivity contribution >= 4 is 40.0 Å². The van der Waals surface area contributed by atoms with Crippen LogP contribution in [0.25, 0.3) is 0 Å². The molecule has 0 aliphatic carbocycles. The number of nitrogens with one attached hydrogen (secondary N) is 1. The van der Waals surface area contributed by atoms with E-state index in [1.807, 2.05) is 6.92 Å². The van der Waals surface area contributed by atoms with E-state index in [0.717, 1.165) is 31.9 Å². The van der Waals surface area contributed by atoms with Crippen molar-refractivity contribution in [3.05, 3.63) is 18.0 Å². The van der Waals surface area contributed by atoms with E-state index in [1.165, 1.54) is 10.6 Å². The highest BCUT2D eigenvalue weighted by Gasteiger charge is 2.28. The van der Waals surface area contributed by atoms with E-state index in [4.69, 9.17) is 4.52 Å². The second-order valence-electron chi connectivity index (χ2n) is 5.72. The van der Waals surface area contributed by atoms with Crippen molar-refractivity contribution in [1.29, 1.82) is 0 Å². The molecule has 0 bridgehead atoms. The van der Waals surface area contributed by atoms with Gasteiger partial charge in [-0.3, -0.25) is 4.99 Å². The number of hydrogen-bond acceptors (Lipinski definition) is 5. The lowest BCUT2D eigenvalue weighted by atomic mass is 10.3. The molecule has 144 valence electrons. The summed E-state index contributed by atoms with van der Waals surface area (Å²) in [5.41, 5.74) is 0.437. The Morgan fingerprint density at radius 3 is 2.60 bits per heavy atom. The van der Waals surface area contributed by atoms with E-state index in [9.17, 15) is 8.42 Å². The number of halogens is 1. The topological polar surface area (TPSA) is 91.0 Å². The number of aliphatic imine (C=N–C) groups is 1. The first kappa shape index (κ1) is 22.2. The van der Waals surface area contributed by atoms with Gasteiger partial charge in [-0.15, -0.1) is 24.0 Å². The Morgan fingerprint density at radius 1 is 1.32 bits per heavy atom. The number of nitrogens with zero attached hydrogens (tertiary/aromatic N) is 4. The van der Waals surface area contributed by atoms with Gasteiger partial charge in [-0.05, 0) is 13.3 Å². The van der Waals surface area contributed by atoms with E-state index in [0.29, 0.717) is 31.9 Å². The zero-order chi connectivity index (χ0) is 17.4. The van der Waals surface area contributed by atoms with Gasteiger partial charge in [0, 0.05) is 45.3 Å². The predicted octanol–water partition coefficient (Wildman–Crippen LogP) is 1.51. The molecule has 10 heteroatoms. The first-order valence-electron chi connectivity index (χ1n) is 8.47. The number of unbranched alkanes of at least 4 members (excludes halogenated alkanes) is 1. The number of hydrogen-bond donors (Lipinski definition) is 1. The van der Waals surface area contributed by atoms with E-state index >= 15 is 0 Å². The van der Waals surface area contributed by atoms with Crippen molar-refractivity contribution in [2.24, 2.45) is 4.99 Å². The molecule has 1 saturated heterocycles. The number of aromatic nitrogens is 1. The largest absolute Gasteiger partial charge is 0.364 e. The Labute approximate surface area is 167 Å². The van der Waals surface area contributed by atoms with E-state index in [1.54, 1.807) is 6.07 Å². The first-order chi connectivity index (χ1) is 11.6. The summed E-state index contributed by atoms with van der Waals surface area (Å²) in [6.07, 6.45) is 3.55. The smallest absolute Gasteiger partial charge is 0.220 e. The molecule has 1 aliphatic rings. The van der Waals surface area contributed by atoms with Crippen LogP contribution in [0.3, 0.4) is 0 Å². The number of guanidine groups is 1. The molecule has 0 saturated carbocycles. The first-order valence-corrected chi connectivity index (χ1v) is 10.1. The van der Waals surface area contributed by atoms with Crippen LogP contribution in [0, 0.1) is 0 Å². The highest BCUT2D eigenvalue weighted by atomic mass is 127. The van der Waals surface area contributed by atoms with Crippen LogP contribution in [0.5, 0.6) is 0 Å². The molecule has 2 heterocycles. The van der Waals surface area contributed by atoms with Crippen LogP contribution >= 0.6 is 24.0 Å². The van der Waals surface area contributed by atoms with Crippen LogP contribution in [0.1, 0.15) is 32.4 Å². The Bertz CT molecular complexity index is 613. The van der Waals surface area contributed by atoms with Gasteiger partial charge < -0.3 is 14.7 Å². The maximum absolute atomic E-state index is 12.4. The third-order valence-corrected chi connectivity index (χ3v) is 5.67. The minimum absolute atomic E-state index is 0. The van der Waals surface area contributed by atoms with Gasteiger partial charge in [0.15, 0.2) is 5.96 Å². The minimum Gasteiger partial charge on any atom is -0.364 e. The van der Waals surface area contributed by atoms with Crippen LogP contribution in [0.4, 0.5) is 0 Å². The average molecular weight is 485 g/mol. The molecule has 0 spiro atoms. The zero-order valence-corrected chi connectivity index (χ0v) is 18.0. The summed E-state index contributed by atoms with van der Waals surface area (Å²) in [5.74, 6) is 0.758. The summed E-state index contributed by atoms with van der Waals surface area (Å²) in [6, 6.07) is 1.58. The molecular formula is C15H28IN5O3S. The molecule has 0 aromatic carbocycles. The van der Waals surface area contributed by atoms with Gasteiger partial charge in [0.1, 0.15) is 12.0 Å². The molecule has 1 aliphatic heterocycles. The molecule has 0 radical (unpaired) electrons. The Hall–Kier alpha value is -0.880. The van der Waals surface area contributed by atoms with Gasteiger partial charge in [0.25, 0.3) is 0 Å². The van der Waals surface area contributed by atoms with Crippen LogP contribution in [0.15, 0.2) is 21.8 Å². The molecule has 8 nitrogen and oxygen atoms in total. The Morgan fingerprint density at radius 2 is 2.04 bits per heavy atom. The van der Waals surface area contributed by atoms with Crippen LogP contribution < -0.4 is 5.32 Å². The van der Waals surface area contributed by atoms with Gasteiger partial charge in [0.2, 0.25) is 10.0 Å². The lowest BCUT2D eigenvalue weighted by molar-refractivity contribution is 0.260. The summed E-state index contributed by atoms with van der Waals surface area (Å²) in [4.78, 5) is 6.74. The molecule has 0 amide bonds. The minimum atomic E-state index is -3.36. The molecule has 1 aromatic rings. The van der Waals surface area contributed by atoms with E-state index in [-0.39, 0.29) is 29.7 Å². The second-order valence-corrected chi connectivity index (χ2v) is 7.69. The molecule has 1 N–H and O–H groups in total. The normalized spacial score (nSPS) is 16.6. The number of sulfonamides is 1. The number of rotatable bonds is 7.